The van der Waals surface area contributed by atoms with E-state index in [0.29, 0.717) is 42.8 Å². The topological polar surface area (TPSA) is 15.3 Å². The van der Waals surface area contributed by atoms with Crippen LogP contribution >= 0.6 is 10.7 Å². The number of likely N-dealkylation sites (tertiary alicyclic amines) is 1. The second-order valence-corrected chi connectivity index (χ2v) is 14.6. The number of aryl methyl sites for hydroxylation is 2. The van der Waals surface area contributed by atoms with Gasteiger partial charge in [0.1, 0.15) is 0 Å². The summed E-state index contributed by atoms with van der Waals surface area (Å²) in [5, 5.41) is 0. The Morgan fingerprint density at radius 2 is 1.54 bits per heavy atom. The molecule has 0 bridgehead atoms. The minimum Gasteiger partial charge on any atom is -0.368 e. The van der Waals surface area contributed by atoms with Crippen molar-refractivity contribution < 1.29 is 39.5 Å². The number of nitrogens with zero attached hydrogens (tertiary/aromatic N) is 1. The third-order valence-electron chi connectivity index (χ3n) is 9.17. The number of nitrogens with one attached hydrogen (secondary N) is 1. The predicted octanol–water partition coefficient (Wildman–Crippen LogP) is 11.5. The fourth-order valence-electron chi connectivity index (χ4n) is 6.63. The van der Waals surface area contributed by atoms with Crippen molar-refractivity contribution in [2.24, 2.45) is 5.41 Å². The number of alkyl halides is 9. The Kier molecular flexibility index (Phi) is 9.86. The van der Waals surface area contributed by atoms with Gasteiger partial charge >= 0.3 is 17.9 Å². The summed E-state index contributed by atoms with van der Waals surface area (Å²) in [7, 11) is -2.32. The van der Waals surface area contributed by atoms with E-state index in [-0.39, 0.29) is 23.5 Å². The maximum absolute atomic E-state index is 13.6. The van der Waals surface area contributed by atoms with Crippen LogP contribution in [-0.4, -0.2) is 28.9 Å². The Morgan fingerprint density at radius 1 is 0.957 bits per heavy atom. The molecule has 254 valence electrons. The zero-order valence-corrected chi connectivity index (χ0v) is 27.3. The summed E-state index contributed by atoms with van der Waals surface area (Å²) >= 11 is 0. The van der Waals surface area contributed by atoms with Crippen LogP contribution in [0.5, 0.6) is 0 Å². The van der Waals surface area contributed by atoms with E-state index in [1.54, 1.807) is 19.9 Å². The third-order valence-corrected chi connectivity index (χ3v) is 10.2. The fourth-order valence-corrected chi connectivity index (χ4v) is 7.23. The monoisotopic (exact) mass is 678 g/mol. The molecule has 4 rings (SSSR count). The molecule has 0 aromatic heterocycles. The standard InChI is InChI=1S/C34H39F9N2S/c1-8-22-11-19(2)30(44-46(7)34(41,42)43)16-29(22)27-9-10-31(5,6)17-24(27)18-45-20(3)12-28(21(45)4)23-13-25(32(35,36)37)15-26(14-23)33(38,39)40/h11,13-16,21,28,44H,3,7-10,12,17-18H2,1-2,4-6H3. The Balaban J connectivity index is 1.76. The minimum atomic E-state index is -4.95. The lowest BCUT2D eigenvalue weighted by Crippen LogP contribution is -2.33. The van der Waals surface area contributed by atoms with E-state index in [2.05, 4.69) is 31.0 Å². The van der Waals surface area contributed by atoms with E-state index >= 15 is 0 Å². The Bertz CT molecular complexity index is 1520. The highest BCUT2D eigenvalue weighted by Crippen LogP contribution is 2.48. The number of anilines is 1. The van der Waals surface area contributed by atoms with Gasteiger partial charge in [0.15, 0.2) is 0 Å². The van der Waals surface area contributed by atoms with Crippen LogP contribution in [0.25, 0.3) is 5.57 Å². The van der Waals surface area contributed by atoms with E-state index in [1.807, 2.05) is 17.9 Å². The molecule has 0 saturated carbocycles. The first-order valence-electron chi connectivity index (χ1n) is 15.0. The zero-order valence-electron chi connectivity index (χ0n) is 26.5. The predicted molar refractivity (Wildman–Crippen MR) is 169 cm³/mol. The number of benzene rings is 2. The molecule has 2 aromatic carbocycles. The van der Waals surface area contributed by atoms with Gasteiger partial charge in [0.25, 0.3) is 0 Å². The van der Waals surface area contributed by atoms with Gasteiger partial charge in [-0.25, -0.2) is 0 Å². The molecule has 2 nitrogen and oxygen atoms in total. The number of hydrogen-bond acceptors (Lipinski definition) is 2. The smallest absolute Gasteiger partial charge is 0.368 e. The van der Waals surface area contributed by atoms with Gasteiger partial charge in [0.2, 0.25) is 0 Å². The number of hydrogen-bond donors (Lipinski definition) is 1. The SMILES string of the molecule is C=C1CC(c2cc(C(F)(F)F)cc(C(F)(F)F)c2)C(C)N1CC1=C(c2cc(NS(=C)C(F)(F)F)c(C)cc2CC)CCC(C)(C)C1. The van der Waals surface area contributed by atoms with Crippen LogP contribution in [-0.2, 0) is 18.8 Å². The van der Waals surface area contributed by atoms with Crippen LogP contribution < -0.4 is 4.72 Å². The Morgan fingerprint density at radius 3 is 2.07 bits per heavy atom. The van der Waals surface area contributed by atoms with Crippen molar-refractivity contribution in [3.63, 3.8) is 0 Å². The Labute approximate surface area is 266 Å². The van der Waals surface area contributed by atoms with Gasteiger partial charge in [0, 0.05) is 40.6 Å². The van der Waals surface area contributed by atoms with Crippen LogP contribution in [0.1, 0.15) is 92.7 Å². The second-order valence-electron chi connectivity index (χ2n) is 13.1. The molecule has 1 heterocycles. The largest absolute Gasteiger partial charge is 0.453 e. The van der Waals surface area contributed by atoms with E-state index in [4.69, 9.17) is 0 Å². The van der Waals surface area contributed by atoms with Crippen LogP contribution in [0, 0.1) is 12.3 Å². The van der Waals surface area contributed by atoms with E-state index in [1.165, 1.54) is 0 Å². The van der Waals surface area contributed by atoms with Gasteiger partial charge in [-0.05, 0) is 115 Å². The van der Waals surface area contributed by atoms with Crippen LogP contribution in [0.15, 0.2) is 48.2 Å². The molecular formula is C34H39F9N2S. The highest BCUT2D eigenvalue weighted by molar-refractivity contribution is 8.16. The first-order chi connectivity index (χ1) is 21.0. The number of rotatable bonds is 7. The van der Waals surface area contributed by atoms with Crippen molar-refractivity contribution in [2.75, 3.05) is 11.3 Å². The first-order valence-corrected chi connectivity index (χ1v) is 16.4. The summed E-state index contributed by atoms with van der Waals surface area (Å²) in [5.41, 5.74) is -1.93. The second kappa shape index (κ2) is 12.6. The number of halogens is 9. The molecule has 0 radical (unpaired) electrons. The molecule has 1 aliphatic carbocycles. The molecule has 2 aromatic rings. The van der Waals surface area contributed by atoms with Crippen LogP contribution in [0.3, 0.4) is 0 Å². The molecule has 0 amide bonds. The van der Waals surface area contributed by atoms with Crippen molar-refractivity contribution in [3.8, 4) is 0 Å². The van der Waals surface area contributed by atoms with E-state index < -0.39 is 51.6 Å². The molecule has 2 aliphatic rings. The first kappa shape index (κ1) is 36.0. The molecule has 3 atom stereocenters. The van der Waals surface area contributed by atoms with Gasteiger partial charge < -0.3 is 9.62 Å². The van der Waals surface area contributed by atoms with Crippen molar-refractivity contribution in [1.82, 2.24) is 4.90 Å². The molecule has 1 aliphatic heterocycles. The average molecular weight is 679 g/mol. The van der Waals surface area contributed by atoms with Crippen molar-refractivity contribution in [2.45, 2.75) is 96.5 Å². The third kappa shape index (κ3) is 7.80. The zero-order chi connectivity index (χ0) is 34.6. The normalized spacial score (nSPS) is 21.6. The molecular weight excluding hydrogens is 639 g/mol. The maximum atomic E-state index is 13.6. The van der Waals surface area contributed by atoms with Gasteiger partial charge in [-0.1, -0.05) is 33.4 Å². The number of allylic oxidation sites excluding steroid dienone is 2. The summed E-state index contributed by atoms with van der Waals surface area (Å²) in [6.07, 6.45) is -6.92. The van der Waals surface area contributed by atoms with Gasteiger partial charge in [-0.3, -0.25) is 0 Å². The molecule has 0 spiro atoms. The lowest BCUT2D eigenvalue weighted by atomic mass is 9.72. The molecule has 1 N–H and O–H groups in total. The van der Waals surface area contributed by atoms with E-state index in [0.717, 1.165) is 40.8 Å². The molecule has 1 fully saturated rings. The molecule has 46 heavy (non-hydrogen) atoms. The van der Waals surface area contributed by atoms with Gasteiger partial charge in [0.05, 0.1) is 11.1 Å². The van der Waals surface area contributed by atoms with Crippen molar-refractivity contribution >= 4 is 27.8 Å². The fraction of sp³-hybridized carbons (Fsp3) is 0.500. The van der Waals surface area contributed by atoms with Crippen molar-refractivity contribution in [3.05, 3.63) is 81.6 Å². The summed E-state index contributed by atoms with van der Waals surface area (Å²) in [5.74, 6) is 2.60. The average Bonchev–Trinajstić information content (AvgIpc) is 3.20. The van der Waals surface area contributed by atoms with E-state index in [9.17, 15) is 39.5 Å². The minimum absolute atomic E-state index is 0.0489. The quantitative estimate of drug-likeness (QED) is 0.232. The lowest BCUT2D eigenvalue weighted by molar-refractivity contribution is -0.143. The molecule has 3 unspecified atom stereocenters. The molecule has 12 heteroatoms. The van der Waals surface area contributed by atoms with Crippen LogP contribution in [0.2, 0.25) is 0 Å². The highest BCUT2D eigenvalue weighted by Gasteiger charge is 2.41. The van der Waals surface area contributed by atoms with Crippen molar-refractivity contribution in [1.29, 1.82) is 0 Å². The van der Waals surface area contributed by atoms with Crippen LogP contribution in [0.4, 0.5) is 45.2 Å². The summed E-state index contributed by atoms with van der Waals surface area (Å²) < 4.78 is 125. The summed E-state index contributed by atoms with van der Waals surface area (Å²) in [6, 6.07) is 4.91. The van der Waals surface area contributed by atoms with Gasteiger partial charge in [-0.2, -0.15) is 39.5 Å². The summed E-state index contributed by atoms with van der Waals surface area (Å²) in [6.45, 7) is 14.2. The van der Waals surface area contributed by atoms with Gasteiger partial charge in [-0.15, -0.1) is 0 Å². The molecule has 1 saturated heterocycles. The summed E-state index contributed by atoms with van der Waals surface area (Å²) in [4.78, 5) is 1.95. The highest BCUT2D eigenvalue weighted by atomic mass is 32.2. The lowest BCUT2D eigenvalue weighted by Gasteiger charge is -2.38. The Hall–Kier alpha value is -2.89. The maximum Gasteiger partial charge on any atom is 0.453 e.